The zero-order valence-corrected chi connectivity index (χ0v) is 11.0. The van der Waals surface area contributed by atoms with Gasteiger partial charge in [-0.15, -0.1) is 0 Å². The van der Waals surface area contributed by atoms with Crippen molar-refractivity contribution in [2.24, 2.45) is 11.8 Å². The highest BCUT2D eigenvalue weighted by molar-refractivity contribution is 5.68. The van der Waals surface area contributed by atoms with Crippen LogP contribution in [0, 0.1) is 11.8 Å². The number of hydrogen-bond donors (Lipinski definition) is 2. The molecule has 3 nitrogen and oxygen atoms in total. The molecule has 0 aromatic heterocycles. The van der Waals surface area contributed by atoms with Gasteiger partial charge in [-0.1, -0.05) is 47.0 Å². The molecule has 1 aliphatic rings. The van der Waals surface area contributed by atoms with Gasteiger partial charge in [-0.3, -0.25) is 4.79 Å². The molecule has 0 heterocycles. The van der Waals surface area contributed by atoms with Gasteiger partial charge in [-0.2, -0.15) is 0 Å². The summed E-state index contributed by atoms with van der Waals surface area (Å²) in [6.07, 6.45) is 5.79. The molecule has 96 valence electrons. The van der Waals surface area contributed by atoms with Crippen molar-refractivity contribution in [2.75, 3.05) is 0 Å². The summed E-state index contributed by atoms with van der Waals surface area (Å²) in [7, 11) is 0. The number of aliphatic carboxylic acids is 1. The molecule has 0 unspecified atom stereocenters. The van der Waals surface area contributed by atoms with Gasteiger partial charge in [0.15, 0.2) is 0 Å². The average molecular weight is 230 g/mol. The van der Waals surface area contributed by atoms with Crippen LogP contribution >= 0.6 is 0 Å². The Morgan fingerprint density at radius 2 is 1.44 bits per heavy atom. The highest BCUT2D eigenvalue weighted by Crippen LogP contribution is 2.33. The lowest BCUT2D eigenvalue weighted by atomic mass is 9.77. The topological polar surface area (TPSA) is 57.5 Å². The summed E-state index contributed by atoms with van der Waals surface area (Å²) < 4.78 is 0. The number of carbonyl (C=O) groups is 1. The molecule has 1 aliphatic carbocycles. The molecular formula is C13H26O3. The Labute approximate surface area is 98.9 Å². The van der Waals surface area contributed by atoms with E-state index in [4.69, 9.17) is 5.11 Å². The van der Waals surface area contributed by atoms with E-state index >= 15 is 0 Å². The van der Waals surface area contributed by atoms with Crippen LogP contribution in [0.4, 0.5) is 0 Å². The van der Waals surface area contributed by atoms with Crippen molar-refractivity contribution in [3.05, 3.63) is 0 Å². The quantitative estimate of drug-likeness (QED) is 0.766. The second kappa shape index (κ2) is 6.89. The molecule has 1 fully saturated rings. The van der Waals surface area contributed by atoms with Gasteiger partial charge in [0.2, 0.25) is 0 Å². The summed E-state index contributed by atoms with van der Waals surface area (Å²) in [5.41, 5.74) is -0.321. The maximum atomic E-state index is 9.95. The monoisotopic (exact) mass is 230 g/mol. The lowest BCUT2D eigenvalue weighted by Crippen LogP contribution is -2.36. The molecule has 0 aliphatic heterocycles. The van der Waals surface area contributed by atoms with Crippen LogP contribution in [0.3, 0.4) is 0 Å². The normalized spacial score (nSPS) is 19.2. The highest BCUT2D eigenvalue weighted by Gasteiger charge is 2.31. The predicted octanol–water partition coefficient (Wildman–Crippen LogP) is 3.06. The molecule has 2 N–H and O–H groups in total. The third-order valence-corrected chi connectivity index (χ3v) is 3.29. The minimum Gasteiger partial charge on any atom is -0.481 e. The van der Waals surface area contributed by atoms with Gasteiger partial charge in [0.05, 0.1) is 11.5 Å². The third kappa shape index (κ3) is 5.50. The minimum absolute atomic E-state index is 0.231. The van der Waals surface area contributed by atoms with Crippen molar-refractivity contribution in [3.63, 3.8) is 0 Å². The summed E-state index contributed by atoms with van der Waals surface area (Å²) in [6.45, 7) is 7.52. The van der Waals surface area contributed by atoms with Gasteiger partial charge >= 0.3 is 5.97 Å². The van der Waals surface area contributed by atoms with Crippen LogP contribution in [0.1, 0.15) is 59.8 Å². The van der Waals surface area contributed by atoms with E-state index in [1.807, 2.05) is 0 Å². The molecule has 0 aromatic rings. The zero-order valence-electron chi connectivity index (χ0n) is 11.0. The van der Waals surface area contributed by atoms with Crippen LogP contribution in [-0.4, -0.2) is 21.8 Å². The second-order valence-corrected chi connectivity index (χ2v) is 5.31. The van der Waals surface area contributed by atoms with Crippen LogP contribution in [0.25, 0.3) is 0 Å². The molecule has 0 spiro atoms. The molecule has 0 atom stereocenters. The Morgan fingerprint density at radius 3 is 1.62 bits per heavy atom. The van der Waals surface area contributed by atoms with Gasteiger partial charge in [-0.25, -0.2) is 0 Å². The fourth-order valence-corrected chi connectivity index (χ4v) is 1.74. The van der Waals surface area contributed by atoms with Gasteiger partial charge in [0.25, 0.3) is 0 Å². The number of carboxylic acid groups (broad SMARTS) is 1. The van der Waals surface area contributed by atoms with Crippen molar-refractivity contribution >= 4 is 5.97 Å². The van der Waals surface area contributed by atoms with E-state index in [1.165, 1.54) is 19.3 Å². The maximum absolute atomic E-state index is 9.95. The fraction of sp³-hybridized carbons (Fsp3) is 0.923. The van der Waals surface area contributed by atoms with E-state index < -0.39 is 5.97 Å². The molecular weight excluding hydrogens is 204 g/mol. The number of rotatable bonds is 2. The van der Waals surface area contributed by atoms with Crippen molar-refractivity contribution in [3.8, 4) is 0 Å². The molecule has 16 heavy (non-hydrogen) atoms. The Morgan fingerprint density at radius 1 is 1.06 bits per heavy atom. The first kappa shape index (κ1) is 15.4. The summed E-state index contributed by atoms with van der Waals surface area (Å²) in [4.78, 5) is 9.70. The summed E-state index contributed by atoms with van der Waals surface area (Å²) in [6, 6.07) is 0. The predicted molar refractivity (Wildman–Crippen MR) is 65.3 cm³/mol. The first-order valence-electron chi connectivity index (χ1n) is 6.25. The lowest BCUT2D eigenvalue weighted by molar-refractivity contribution is -0.140. The van der Waals surface area contributed by atoms with Crippen molar-refractivity contribution < 1.29 is 15.0 Å². The summed E-state index contributed by atoms with van der Waals surface area (Å²) >= 11 is 0. The van der Waals surface area contributed by atoms with Gasteiger partial charge < -0.3 is 10.2 Å². The molecule has 0 bridgehead atoms. The maximum Gasteiger partial charge on any atom is 0.305 e. The van der Waals surface area contributed by atoms with Crippen LogP contribution in [-0.2, 0) is 4.79 Å². The molecule has 0 saturated heterocycles. The largest absolute Gasteiger partial charge is 0.481 e. The van der Waals surface area contributed by atoms with Crippen LogP contribution in [0.2, 0.25) is 0 Å². The Hall–Kier alpha value is -0.570. The van der Waals surface area contributed by atoms with Crippen molar-refractivity contribution in [2.45, 2.75) is 65.4 Å². The molecule has 1 rings (SSSR count). The summed E-state index contributed by atoms with van der Waals surface area (Å²) in [5.74, 6) is -0.534. The molecule has 1 saturated carbocycles. The Balaban J connectivity index is 0.000000325. The SMILES string of the molecule is CC(C)C(=O)O.CC(C)C1(O)CCCCC1. The van der Waals surface area contributed by atoms with Crippen LogP contribution < -0.4 is 0 Å². The zero-order chi connectivity index (χ0) is 12.8. The first-order valence-corrected chi connectivity index (χ1v) is 6.25. The molecule has 3 heteroatoms. The van der Waals surface area contributed by atoms with Gasteiger partial charge in [-0.05, 0) is 18.8 Å². The van der Waals surface area contributed by atoms with Crippen molar-refractivity contribution in [1.29, 1.82) is 0 Å². The standard InChI is InChI=1S/C9H18O.C4H8O2/c1-8(2)9(10)6-4-3-5-7-9;1-3(2)4(5)6/h8,10H,3-7H2,1-2H3;3H,1-2H3,(H,5,6). The number of aliphatic hydroxyl groups is 1. The van der Waals surface area contributed by atoms with Crippen LogP contribution in [0.15, 0.2) is 0 Å². The average Bonchev–Trinajstić information content (AvgIpc) is 2.19. The molecule has 0 aromatic carbocycles. The second-order valence-electron chi connectivity index (χ2n) is 5.31. The first-order chi connectivity index (χ1) is 7.29. The number of hydrogen-bond acceptors (Lipinski definition) is 2. The highest BCUT2D eigenvalue weighted by atomic mass is 16.4. The van der Waals surface area contributed by atoms with Gasteiger partial charge in [0, 0.05) is 0 Å². The van der Waals surface area contributed by atoms with E-state index in [0.29, 0.717) is 5.92 Å². The number of carboxylic acids is 1. The van der Waals surface area contributed by atoms with Gasteiger partial charge in [0.1, 0.15) is 0 Å². The lowest BCUT2D eigenvalue weighted by Gasteiger charge is -2.35. The third-order valence-electron chi connectivity index (χ3n) is 3.29. The van der Waals surface area contributed by atoms with E-state index in [9.17, 15) is 9.90 Å². The Bertz CT molecular complexity index is 203. The van der Waals surface area contributed by atoms with E-state index in [2.05, 4.69) is 13.8 Å². The smallest absolute Gasteiger partial charge is 0.305 e. The Kier molecular flexibility index (Phi) is 6.65. The minimum atomic E-state index is -0.741. The van der Waals surface area contributed by atoms with E-state index in [0.717, 1.165) is 12.8 Å². The summed E-state index contributed by atoms with van der Waals surface area (Å²) in [5, 5.41) is 17.9. The van der Waals surface area contributed by atoms with Crippen LogP contribution in [0.5, 0.6) is 0 Å². The fourth-order valence-electron chi connectivity index (χ4n) is 1.74. The van der Waals surface area contributed by atoms with E-state index in [-0.39, 0.29) is 11.5 Å². The molecule has 0 radical (unpaired) electrons. The van der Waals surface area contributed by atoms with E-state index in [1.54, 1.807) is 13.8 Å². The molecule has 0 amide bonds. The van der Waals surface area contributed by atoms with Crippen molar-refractivity contribution in [1.82, 2.24) is 0 Å².